The number of hydrogen-bond acceptors (Lipinski definition) is 1. The Labute approximate surface area is 92.1 Å². The van der Waals surface area contributed by atoms with Crippen molar-refractivity contribution < 1.29 is 5.11 Å². The summed E-state index contributed by atoms with van der Waals surface area (Å²) in [4.78, 5) is 0. The summed E-state index contributed by atoms with van der Waals surface area (Å²) in [5.74, 6) is 1.28. The van der Waals surface area contributed by atoms with Crippen LogP contribution in [0.1, 0.15) is 43.2 Å². The molecule has 1 heteroatoms. The minimum absolute atomic E-state index is 0.487. The van der Waals surface area contributed by atoms with Crippen molar-refractivity contribution >= 4 is 0 Å². The molecule has 1 aliphatic carbocycles. The molecule has 1 fully saturated rings. The highest BCUT2D eigenvalue weighted by atomic mass is 16.3. The summed E-state index contributed by atoms with van der Waals surface area (Å²) in [6, 6.07) is 5.83. The Morgan fingerprint density at radius 2 is 1.93 bits per heavy atom. The molecule has 1 aromatic carbocycles. The topological polar surface area (TPSA) is 20.2 Å². The minimum Gasteiger partial charge on any atom is -0.508 e. The standard InChI is InChI=1S/C14H20O/c1-11-6-5-9-14(15)13(11)10-12-7-3-2-4-8-12/h5-6,9,12,15H,2-4,7-8,10H2,1H3. The smallest absolute Gasteiger partial charge is 0.119 e. The van der Waals surface area contributed by atoms with Gasteiger partial charge in [-0.05, 0) is 36.5 Å². The van der Waals surface area contributed by atoms with E-state index >= 15 is 0 Å². The van der Waals surface area contributed by atoms with Gasteiger partial charge >= 0.3 is 0 Å². The largest absolute Gasteiger partial charge is 0.508 e. The number of aromatic hydroxyl groups is 1. The number of aryl methyl sites for hydroxylation is 1. The molecule has 0 heterocycles. The zero-order valence-electron chi connectivity index (χ0n) is 9.50. The first-order valence-electron chi connectivity index (χ1n) is 6.05. The fourth-order valence-electron chi connectivity index (χ4n) is 2.63. The molecular formula is C14H20O. The van der Waals surface area contributed by atoms with E-state index in [0.717, 1.165) is 12.3 Å². The average molecular weight is 204 g/mol. The second kappa shape index (κ2) is 4.69. The lowest BCUT2D eigenvalue weighted by atomic mass is 9.84. The summed E-state index contributed by atoms with van der Waals surface area (Å²) < 4.78 is 0. The van der Waals surface area contributed by atoms with Crippen molar-refractivity contribution in [3.63, 3.8) is 0 Å². The molecule has 0 saturated heterocycles. The van der Waals surface area contributed by atoms with Gasteiger partial charge in [-0.2, -0.15) is 0 Å². The Hall–Kier alpha value is -0.980. The van der Waals surface area contributed by atoms with E-state index in [4.69, 9.17) is 0 Å². The molecule has 1 aromatic rings. The van der Waals surface area contributed by atoms with Crippen LogP contribution in [0.4, 0.5) is 0 Å². The third-order valence-electron chi connectivity index (χ3n) is 3.60. The van der Waals surface area contributed by atoms with E-state index in [0.29, 0.717) is 5.75 Å². The van der Waals surface area contributed by atoms with Crippen LogP contribution in [0.5, 0.6) is 5.75 Å². The lowest BCUT2D eigenvalue weighted by Crippen LogP contribution is -2.10. The Kier molecular flexibility index (Phi) is 3.30. The molecule has 0 aromatic heterocycles. The Balaban J connectivity index is 2.09. The number of phenolic OH excluding ortho intramolecular Hbond substituents is 1. The number of hydrogen-bond donors (Lipinski definition) is 1. The second-order valence-corrected chi connectivity index (χ2v) is 4.78. The molecule has 0 atom stereocenters. The predicted octanol–water partition coefficient (Wildman–Crippen LogP) is 3.82. The van der Waals surface area contributed by atoms with Crippen molar-refractivity contribution in [2.45, 2.75) is 45.4 Å². The summed E-state index contributed by atoms with van der Waals surface area (Å²) in [7, 11) is 0. The van der Waals surface area contributed by atoms with Gasteiger partial charge in [0.1, 0.15) is 5.75 Å². The van der Waals surface area contributed by atoms with Gasteiger partial charge in [-0.1, -0.05) is 44.2 Å². The summed E-state index contributed by atoms with van der Waals surface area (Å²) in [6.45, 7) is 2.10. The highest BCUT2D eigenvalue weighted by molar-refractivity contribution is 5.38. The monoisotopic (exact) mass is 204 g/mol. The van der Waals surface area contributed by atoms with E-state index in [1.165, 1.54) is 43.2 Å². The van der Waals surface area contributed by atoms with Gasteiger partial charge < -0.3 is 5.11 Å². The van der Waals surface area contributed by atoms with Gasteiger partial charge in [0, 0.05) is 0 Å². The number of phenols is 1. The summed E-state index contributed by atoms with van der Waals surface area (Å²) in [5, 5.41) is 9.82. The first-order valence-corrected chi connectivity index (χ1v) is 6.05. The molecule has 0 amide bonds. The number of rotatable bonds is 2. The molecule has 1 N–H and O–H groups in total. The van der Waals surface area contributed by atoms with Crippen LogP contribution >= 0.6 is 0 Å². The zero-order chi connectivity index (χ0) is 10.7. The quantitative estimate of drug-likeness (QED) is 0.776. The van der Waals surface area contributed by atoms with Crippen LogP contribution in [0.2, 0.25) is 0 Å². The van der Waals surface area contributed by atoms with Gasteiger partial charge in [0.05, 0.1) is 0 Å². The molecule has 82 valence electrons. The van der Waals surface area contributed by atoms with Crippen LogP contribution < -0.4 is 0 Å². The van der Waals surface area contributed by atoms with E-state index in [2.05, 4.69) is 13.0 Å². The molecular weight excluding hydrogens is 184 g/mol. The lowest BCUT2D eigenvalue weighted by molar-refractivity contribution is 0.351. The van der Waals surface area contributed by atoms with Gasteiger partial charge in [-0.3, -0.25) is 0 Å². The Bertz CT molecular complexity index is 304. The minimum atomic E-state index is 0.487. The maximum atomic E-state index is 9.82. The maximum absolute atomic E-state index is 9.82. The molecule has 0 spiro atoms. The first kappa shape index (κ1) is 10.5. The molecule has 15 heavy (non-hydrogen) atoms. The van der Waals surface area contributed by atoms with Crippen molar-refractivity contribution in [2.75, 3.05) is 0 Å². The highest BCUT2D eigenvalue weighted by Gasteiger charge is 2.16. The van der Waals surface area contributed by atoms with Crippen LogP contribution in [-0.4, -0.2) is 5.11 Å². The van der Waals surface area contributed by atoms with E-state index in [1.54, 1.807) is 0 Å². The molecule has 1 saturated carbocycles. The van der Waals surface area contributed by atoms with Crippen molar-refractivity contribution in [3.8, 4) is 5.75 Å². The van der Waals surface area contributed by atoms with Crippen LogP contribution in [0.25, 0.3) is 0 Å². The lowest BCUT2D eigenvalue weighted by Gasteiger charge is -2.22. The van der Waals surface area contributed by atoms with Gasteiger partial charge in [-0.15, -0.1) is 0 Å². The third-order valence-corrected chi connectivity index (χ3v) is 3.60. The van der Waals surface area contributed by atoms with Crippen LogP contribution in [-0.2, 0) is 6.42 Å². The fraction of sp³-hybridized carbons (Fsp3) is 0.571. The predicted molar refractivity (Wildman–Crippen MR) is 63.1 cm³/mol. The SMILES string of the molecule is Cc1cccc(O)c1CC1CCCCC1. The van der Waals surface area contributed by atoms with Gasteiger partial charge in [0.15, 0.2) is 0 Å². The Morgan fingerprint density at radius 1 is 1.20 bits per heavy atom. The first-order chi connectivity index (χ1) is 7.27. The molecule has 0 bridgehead atoms. The average Bonchev–Trinajstić information content (AvgIpc) is 2.25. The summed E-state index contributed by atoms with van der Waals surface area (Å²) in [6.07, 6.45) is 7.89. The van der Waals surface area contributed by atoms with E-state index in [9.17, 15) is 5.11 Å². The van der Waals surface area contributed by atoms with E-state index < -0.39 is 0 Å². The van der Waals surface area contributed by atoms with Gasteiger partial charge in [0.2, 0.25) is 0 Å². The molecule has 0 radical (unpaired) electrons. The van der Waals surface area contributed by atoms with Crippen molar-refractivity contribution in [3.05, 3.63) is 29.3 Å². The molecule has 0 unspecified atom stereocenters. The third kappa shape index (κ3) is 2.53. The van der Waals surface area contributed by atoms with Crippen molar-refractivity contribution in [2.24, 2.45) is 5.92 Å². The van der Waals surface area contributed by atoms with Gasteiger partial charge in [-0.25, -0.2) is 0 Å². The molecule has 0 aliphatic heterocycles. The van der Waals surface area contributed by atoms with E-state index in [1.807, 2.05) is 12.1 Å². The van der Waals surface area contributed by atoms with Crippen LogP contribution in [0, 0.1) is 12.8 Å². The van der Waals surface area contributed by atoms with Crippen molar-refractivity contribution in [1.29, 1.82) is 0 Å². The second-order valence-electron chi connectivity index (χ2n) is 4.78. The van der Waals surface area contributed by atoms with E-state index in [-0.39, 0.29) is 0 Å². The Morgan fingerprint density at radius 3 is 2.60 bits per heavy atom. The van der Waals surface area contributed by atoms with Crippen molar-refractivity contribution in [1.82, 2.24) is 0 Å². The van der Waals surface area contributed by atoms with Crippen LogP contribution in [0.3, 0.4) is 0 Å². The maximum Gasteiger partial charge on any atom is 0.119 e. The van der Waals surface area contributed by atoms with Gasteiger partial charge in [0.25, 0.3) is 0 Å². The normalized spacial score (nSPS) is 17.9. The molecule has 1 aliphatic rings. The zero-order valence-corrected chi connectivity index (χ0v) is 9.50. The summed E-state index contributed by atoms with van der Waals surface area (Å²) in [5.41, 5.74) is 2.41. The number of benzene rings is 1. The molecule has 2 rings (SSSR count). The molecule has 1 nitrogen and oxygen atoms in total. The summed E-state index contributed by atoms with van der Waals surface area (Å²) >= 11 is 0. The fourth-order valence-corrected chi connectivity index (χ4v) is 2.63. The highest BCUT2D eigenvalue weighted by Crippen LogP contribution is 2.31. The van der Waals surface area contributed by atoms with Crippen LogP contribution in [0.15, 0.2) is 18.2 Å².